The SMILES string of the molecule is N[C@@H](Cc1cnc[nH]1)C(=O)N(C(=O)[C@H](Cc1ccccc1)NC(=O)N1CCCC1)[C@@H](CC1CCCCC1)[C@@H](O)c1ncc[nH]1. The van der Waals surface area contributed by atoms with Crippen molar-refractivity contribution in [3.63, 3.8) is 0 Å². The molecule has 1 saturated carbocycles. The molecule has 44 heavy (non-hydrogen) atoms. The zero-order valence-corrected chi connectivity index (χ0v) is 25.1. The van der Waals surface area contributed by atoms with E-state index in [1.807, 2.05) is 30.3 Å². The molecular weight excluding hydrogens is 560 g/mol. The Morgan fingerprint density at radius 2 is 1.77 bits per heavy atom. The number of aliphatic hydroxyl groups is 1. The lowest BCUT2D eigenvalue weighted by atomic mass is 9.82. The number of nitrogens with one attached hydrogen (secondary N) is 3. The number of imide groups is 1. The van der Waals surface area contributed by atoms with Gasteiger partial charge in [0.25, 0.3) is 5.91 Å². The molecular formula is C32H44N8O4. The van der Waals surface area contributed by atoms with Crippen LogP contribution in [-0.2, 0) is 22.4 Å². The number of benzene rings is 1. The van der Waals surface area contributed by atoms with E-state index in [1.54, 1.807) is 17.3 Å². The van der Waals surface area contributed by atoms with Gasteiger partial charge < -0.3 is 31.0 Å². The molecule has 1 aliphatic heterocycles. The Balaban J connectivity index is 1.52. The van der Waals surface area contributed by atoms with Crippen LogP contribution < -0.4 is 11.1 Å². The van der Waals surface area contributed by atoms with Gasteiger partial charge in [0.1, 0.15) is 18.0 Å². The third kappa shape index (κ3) is 7.92. The number of aromatic amines is 2. The van der Waals surface area contributed by atoms with Gasteiger partial charge in [-0.1, -0.05) is 62.4 Å². The Kier molecular flexibility index (Phi) is 10.8. The van der Waals surface area contributed by atoms with Crippen molar-refractivity contribution in [2.45, 2.75) is 88.4 Å². The molecule has 4 amide bonds. The number of hydrogen-bond acceptors (Lipinski definition) is 7. The molecule has 6 N–H and O–H groups in total. The molecule has 1 saturated heterocycles. The summed E-state index contributed by atoms with van der Waals surface area (Å²) in [5.74, 6) is -0.751. The Morgan fingerprint density at radius 1 is 1.02 bits per heavy atom. The van der Waals surface area contributed by atoms with E-state index in [1.165, 1.54) is 12.5 Å². The summed E-state index contributed by atoms with van der Waals surface area (Å²) in [6.07, 6.45) is 12.6. The summed E-state index contributed by atoms with van der Waals surface area (Å²) < 4.78 is 0. The minimum atomic E-state index is -1.27. The summed E-state index contributed by atoms with van der Waals surface area (Å²) in [6, 6.07) is 5.94. The van der Waals surface area contributed by atoms with Crippen molar-refractivity contribution in [1.29, 1.82) is 0 Å². The van der Waals surface area contributed by atoms with E-state index >= 15 is 0 Å². The van der Waals surface area contributed by atoms with Crippen LogP contribution in [0.4, 0.5) is 4.79 Å². The van der Waals surface area contributed by atoms with E-state index in [-0.39, 0.29) is 30.6 Å². The van der Waals surface area contributed by atoms with Gasteiger partial charge >= 0.3 is 6.03 Å². The molecule has 1 aliphatic carbocycles. The highest BCUT2D eigenvalue weighted by molar-refractivity contribution is 6.01. The van der Waals surface area contributed by atoms with Crippen LogP contribution in [0.3, 0.4) is 0 Å². The van der Waals surface area contributed by atoms with Gasteiger partial charge in [-0.05, 0) is 30.7 Å². The molecule has 1 aromatic carbocycles. The summed E-state index contributed by atoms with van der Waals surface area (Å²) in [4.78, 5) is 59.5. The number of carbonyl (C=O) groups is 3. The number of nitrogens with two attached hydrogens (primary N) is 1. The van der Waals surface area contributed by atoms with Gasteiger partial charge in [0.05, 0.1) is 18.4 Å². The Hall–Kier alpha value is -4.03. The van der Waals surface area contributed by atoms with Gasteiger partial charge in [0, 0.05) is 50.2 Å². The normalized spacial score (nSPS) is 18.4. The van der Waals surface area contributed by atoms with Gasteiger partial charge in [-0.3, -0.25) is 14.5 Å². The van der Waals surface area contributed by atoms with Crippen molar-refractivity contribution in [3.8, 4) is 0 Å². The largest absolute Gasteiger partial charge is 0.383 e. The number of likely N-dealkylation sites (tertiary alicyclic amines) is 1. The Labute approximate surface area is 257 Å². The van der Waals surface area contributed by atoms with Crippen LogP contribution in [0.5, 0.6) is 0 Å². The van der Waals surface area contributed by atoms with E-state index in [0.29, 0.717) is 25.2 Å². The van der Waals surface area contributed by atoms with Crippen LogP contribution in [0, 0.1) is 5.92 Å². The minimum absolute atomic E-state index is 0.124. The topological polar surface area (TPSA) is 173 Å². The van der Waals surface area contributed by atoms with Crippen LogP contribution in [-0.4, -0.2) is 83.9 Å². The standard InChI is InChI=1S/C32H44N8O4/c33-25(19-24-20-34-21-37-24)30(42)40(27(18-23-11-5-2-6-12-23)28(41)29-35-13-14-36-29)31(43)26(17-22-9-3-1-4-10-22)38-32(44)39-15-7-8-16-39/h1,3-4,9-10,13-14,20-21,23,25-28,41H,2,5-8,11-12,15-19,33H2,(H,34,37)(H,35,36)(H,38,44)/t25-,26-,27-,28+/m0/s1. The predicted molar refractivity (Wildman–Crippen MR) is 164 cm³/mol. The van der Waals surface area contributed by atoms with E-state index in [2.05, 4.69) is 25.3 Å². The summed E-state index contributed by atoms with van der Waals surface area (Å²) >= 11 is 0. The summed E-state index contributed by atoms with van der Waals surface area (Å²) in [7, 11) is 0. The van der Waals surface area contributed by atoms with Crippen molar-refractivity contribution in [3.05, 3.63) is 72.3 Å². The third-order valence-electron chi connectivity index (χ3n) is 8.85. The van der Waals surface area contributed by atoms with Crippen molar-refractivity contribution in [1.82, 2.24) is 35.1 Å². The first kappa shape index (κ1) is 31.4. The van der Waals surface area contributed by atoms with E-state index in [9.17, 15) is 19.5 Å². The van der Waals surface area contributed by atoms with Crippen LogP contribution in [0.1, 0.15) is 74.6 Å². The fraction of sp³-hybridized carbons (Fsp3) is 0.531. The highest BCUT2D eigenvalue weighted by atomic mass is 16.3. The molecule has 0 radical (unpaired) electrons. The Bertz CT molecular complexity index is 1320. The number of H-pyrrole nitrogens is 2. The van der Waals surface area contributed by atoms with Gasteiger partial charge in [-0.15, -0.1) is 0 Å². The van der Waals surface area contributed by atoms with Crippen molar-refractivity contribution in [2.75, 3.05) is 13.1 Å². The number of aliphatic hydroxyl groups excluding tert-OH is 1. The van der Waals surface area contributed by atoms with Crippen molar-refractivity contribution in [2.24, 2.45) is 11.7 Å². The second kappa shape index (κ2) is 15.1. The molecule has 4 atom stereocenters. The summed E-state index contributed by atoms with van der Waals surface area (Å²) in [5.41, 5.74) is 7.98. The number of hydrogen-bond donors (Lipinski definition) is 5. The maximum Gasteiger partial charge on any atom is 0.318 e. The fourth-order valence-electron chi connectivity index (χ4n) is 6.47. The first-order chi connectivity index (χ1) is 21.4. The molecule has 3 heterocycles. The first-order valence-electron chi connectivity index (χ1n) is 15.8. The highest BCUT2D eigenvalue weighted by Crippen LogP contribution is 2.33. The van der Waals surface area contributed by atoms with Gasteiger partial charge in [0.15, 0.2) is 0 Å². The highest BCUT2D eigenvalue weighted by Gasteiger charge is 2.43. The van der Waals surface area contributed by atoms with Gasteiger partial charge in [0.2, 0.25) is 5.91 Å². The quantitative estimate of drug-likeness (QED) is 0.211. The number of nitrogens with zero attached hydrogens (tertiary/aromatic N) is 4. The van der Waals surface area contributed by atoms with E-state index in [4.69, 9.17) is 5.73 Å². The number of rotatable bonds is 12. The molecule has 2 aliphatic rings. The van der Waals surface area contributed by atoms with Gasteiger partial charge in [-0.2, -0.15) is 0 Å². The van der Waals surface area contributed by atoms with Crippen molar-refractivity contribution < 1.29 is 19.5 Å². The lowest BCUT2D eigenvalue weighted by Crippen LogP contribution is -2.61. The molecule has 3 aromatic rings. The number of amides is 4. The molecule has 0 bridgehead atoms. The molecule has 5 rings (SSSR count). The third-order valence-corrected chi connectivity index (χ3v) is 8.85. The fourth-order valence-corrected chi connectivity index (χ4v) is 6.47. The number of carbonyl (C=O) groups excluding carboxylic acids is 3. The average molecular weight is 605 g/mol. The smallest absolute Gasteiger partial charge is 0.318 e. The number of urea groups is 1. The molecule has 2 aromatic heterocycles. The molecule has 2 fully saturated rings. The van der Waals surface area contributed by atoms with Gasteiger partial charge in [-0.25, -0.2) is 14.8 Å². The summed E-state index contributed by atoms with van der Waals surface area (Å²) in [6.45, 7) is 1.22. The summed E-state index contributed by atoms with van der Waals surface area (Å²) in [5, 5.41) is 14.7. The lowest BCUT2D eigenvalue weighted by molar-refractivity contribution is -0.154. The maximum atomic E-state index is 14.8. The monoisotopic (exact) mass is 604 g/mol. The van der Waals surface area contributed by atoms with Crippen molar-refractivity contribution >= 4 is 17.8 Å². The maximum absolute atomic E-state index is 14.8. The molecule has 0 unspecified atom stereocenters. The van der Waals surface area contributed by atoms with Crippen LogP contribution >= 0.6 is 0 Å². The second-order valence-electron chi connectivity index (χ2n) is 12.0. The average Bonchev–Trinajstić information content (AvgIpc) is 3.85. The van der Waals surface area contributed by atoms with Crippen LogP contribution in [0.25, 0.3) is 0 Å². The lowest BCUT2D eigenvalue weighted by Gasteiger charge is -2.39. The minimum Gasteiger partial charge on any atom is -0.383 e. The zero-order valence-electron chi connectivity index (χ0n) is 25.1. The number of imidazole rings is 2. The van der Waals surface area contributed by atoms with Crippen LogP contribution in [0.2, 0.25) is 0 Å². The second-order valence-corrected chi connectivity index (χ2v) is 12.0. The number of aromatic nitrogens is 4. The predicted octanol–water partition coefficient (Wildman–Crippen LogP) is 2.85. The Morgan fingerprint density at radius 3 is 2.43 bits per heavy atom. The molecule has 12 heteroatoms. The van der Waals surface area contributed by atoms with Crippen LogP contribution in [0.15, 0.2) is 55.2 Å². The van der Waals surface area contributed by atoms with E-state index in [0.717, 1.165) is 55.4 Å². The molecule has 12 nitrogen and oxygen atoms in total. The molecule has 236 valence electrons. The van der Waals surface area contributed by atoms with E-state index < -0.39 is 36.0 Å². The molecule has 0 spiro atoms. The first-order valence-corrected chi connectivity index (χ1v) is 15.8. The zero-order chi connectivity index (χ0) is 30.9.